The molecule has 6 nitrogen and oxygen atoms in total. The largest absolute Gasteiger partial charge is 0.508 e. The number of aliphatic hydroxyl groups is 1. The van der Waals surface area contributed by atoms with Gasteiger partial charge in [-0.1, -0.05) is 32.4 Å². The molecule has 1 amide bonds. The summed E-state index contributed by atoms with van der Waals surface area (Å²) < 4.78 is 5.57. The van der Waals surface area contributed by atoms with Crippen molar-refractivity contribution in [1.29, 1.82) is 0 Å². The van der Waals surface area contributed by atoms with Crippen LogP contribution in [0, 0.1) is 0 Å². The molecule has 2 aromatic carbocycles. The third-order valence-electron chi connectivity index (χ3n) is 5.10. The van der Waals surface area contributed by atoms with Gasteiger partial charge < -0.3 is 19.8 Å². The second-order valence-corrected chi connectivity index (χ2v) is 7.31. The van der Waals surface area contributed by atoms with Crippen LogP contribution in [0.5, 0.6) is 11.5 Å². The van der Waals surface area contributed by atoms with E-state index in [-0.39, 0.29) is 17.1 Å². The molecule has 1 atom stereocenters. The van der Waals surface area contributed by atoms with Crippen molar-refractivity contribution in [2.75, 3.05) is 13.2 Å². The van der Waals surface area contributed by atoms with E-state index in [0.717, 1.165) is 19.3 Å². The van der Waals surface area contributed by atoms with Crippen molar-refractivity contribution in [3.05, 3.63) is 65.2 Å². The first kappa shape index (κ1) is 21.4. The van der Waals surface area contributed by atoms with E-state index in [2.05, 4.69) is 0 Å². The number of aromatic hydroxyl groups is 1. The Labute approximate surface area is 176 Å². The predicted molar refractivity (Wildman–Crippen MR) is 114 cm³/mol. The van der Waals surface area contributed by atoms with Gasteiger partial charge in [0.15, 0.2) is 0 Å². The molecule has 2 aromatic rings. The van der Waals surface area contributed by atoms with Crippen LogP contribution >= 0.6 is 0 Å². The van der Waals surface area contributed by atoms with E-state index in [1.165, 1.54) is 17.0 Å². The molecule has 6 heteroatoms. The number of ketones is 1. The average Bonchev–Trinajstić information content (AvgIpc) is 3.01. The van der Waals surface area contributed by atoms with Gasteiger partial charge in [0.05, 0.1) is 18.2 Å². The summed E-state index contributed by atoms with van der Waals surface area (Å²) in [6.07, 6.45) is 2.49. The lowest BCUT2D eigenvalue weighted by atomic mass is 9.95. The summed E-state index contributed by atoms with van der Waals surface area (Å²) in [7, 11) is 0. The van der Waals surface area contributed by atoms with Crippen LogP contribution in [0.4, 0.5) is 0 Å². The standard InChI is InChI=1S/C24H27NO5/c1-3-5-14-25-21(16-6-10-18(26)11-7-16)20(23(28)24(25)29)22(27)17-8-12-19(13-9-17)30-15-4-2/h6-13,21,26-27H,3-5,14-15H2,1-2H3/b22-20-. The second kappa shape index (κ2) is 9.48. The second-order valence-electron chi connectivity index (χ2n) is 7.31. The van der Waals surface area contributed by atoms with E-state index in [9.17, 15) is 19.8 Å². The lowest BCUT2D eigenvalue weighted by Crippen LogP contribution is -2.30. The number of carbonyl (C=O) groups is 2. The first-order valence-electron chi connectivity index (χ1n) is 10.3. The quantitative estimate of drug-likeness (QED) is 0.383. The van der Waals surface area contributed by atoms with Gasteiger partial charge in [-0.3, -0.25) is 9.59 Å². The number of benzene rings is 2. The summed E-state index contributed by atoms with van der Waals surface area (Å²) in [4.78, 5) is 27.1. The summed E-state index contributed by atoms with van der Waals surface area (Å²) in [6.45, 7) is 5.03. The van der Waals surface area contributed by atoms with Gasteiger partial charge in [0.2, 0.25) is 0 Å². The van der Waals surface area contributed by atoms with Crippen molar-refractivity contribution in [3.8, 4) is 11.5 Å². The molecule has 0 aromatic heterocycles. The zero-order valence-electron chi connectivity index (χ0n) is 17.3. The monoisotopic (exact) mass is 409 g/mol. The fourth-order valence-corrected chi connectivity index (χ4v) is 3.53. The van der Waals surface area contributed by atoms with Crippen molar-refractivity contribution in [1.82, 2.24) is 4.90 Å². The van der Waals surface area contributed by atoms with Crippen molar-refractivity contribution < 1.29 is 24.5 Å². The van der Waals surface area contributed by atoms with Gasteiger partial charge >= 0.3 is 0 Å². The number of amides is 1. The Morgan fingerprint density at radius 3 is 2.27 bits per heavy atom. The summed E-state index contributed by atoms with van der Waals surface area (Å²) in [5.74, 6) is -0.773. The van der Waals surface area contributed by atoms with Gasteiger partial charge in [0, 0.05) is 12.1 Å². The van der Waals surface area contributed by atoms with Gasteiger partial charge in [0.25, 0.3) is 11.7 Å². The Hall–Kier alpha value is -3.28. The Bertz CT molecular complexity index is 931. The number of hydrogen-bond donors (Lipinski definition) is 2. The van der Waals surface area contributed by atoms with Crippen LogP contribution in [-0.4, -0.2) is 40.0 Å². The smallest absolute Gasteiger partial charge is 0.295 e. The summed E-state index contributed by atoms with van der Waals surface area (Å²) in [5, 5.41) is 20.6. The Kier molecular flexibility index (Phi) is 6.77. The highest BCUT2D eigenvalue weighted by atomic mass is 16.5. The fourth-order valence-electron chi connectivity index (χ4n) is 3.53. The third-order valence-corrected chi connectivity index (χ3v) is 5.10. The Morgan fingerprint density at radius 2 is 1.67 bits per heavy atom. The molecule has 1 aliphatic rings. The lowest BCUT2D eigenvalue weighted by molar-refractivity contribution is -0.139. The number of likely N-dealkylation sites (tertiary alicyclic amines) is 1. The highest BCUT2D eigenvalue weighted by Gasteiger charge is 2.45. The lowest BCUT2D eigenvalue weighted by Gasteiger charge is -2.25. The number of unbranched alkanes of at least 4 members (excludes halogenated alkanes) is 1. The minimum Gasteiger partial charge on any atom is -0.508 e. The molecule has 0 aliphatic carbocycles. The number of Topliss-reactive ketones (excluding diaryl/α,β-unsaturated/α-hetero) is 1. The first-order chi connectivity index (χ1) is 14.5. The van der Waals surface area contributed by atoms with Gasteiger partial charge in [-0.15, -0.1) is 0 Å². The van der Waals surface area contributed by atoms with Gasteiger partial charge in [0.1, 0.15) is 17.3 Å². The van der Waals surface area contributed by atoms with E-state index < -0.39 is 17.7 Å². The zero-order chi connectivity index (χ0) is 21.7. The van der Waals surface area contributed by atoms with E-state index >= 15 is 0 Å². The van der Waals surface area contributed by atoms with Crippen LogP contribution in [0.3, 0.4) is 0 Å². The van der Waals surface area contributed by atoms with Gasteiger partial charge in [-0.25, -0.2) is 0 Å². The van der Waals surface area contributed by atoms with Crippen LogP contribution in [-0.2, 0) is 9.59 Å². The molecule has 1 heterocycles. The highest BCUT2D eigenvalue weighted by Crippen LogP contribution is 2.40. The van der Waals surface area contributed by atoms with Crippen molar-refractivity contribution in [2.24, 2.45) is 0 Å². The fraction of sp³-hybridized carbons (Fsp3) is 0.333. The maximum atomic E-state index is 12.9. The van der Waals surface area contributed by atoms with Gasteiger partial charge in [-0.2, -0.15) is 0 Å². The number of nitrogens with zero attached hydrogens (tertiary/aromatic N) is 1. The first-order valence-corrected chi connectivity index (χ1v) is 10.3. The van der Waals surface area contributed by atoms with Crippen molar-refractivity contribution in [3.63, 3.8) is 0 Å². The minimum atomic E-state index is -0.701. The number of aliphatic hydroxyl groups excluding tert-OH is 1. The molecule has 0 saturated carbocycles. The molecule has 3 rings (SSSR count). The number of phenols is 1. The van der Waals surface area contributed by atoms with E-state index in [4.69, 9.17) is 4.74 Å². The van der Waals surface area contributed by atoms with Crippen LogP contribution in [0.25, 0.3) is 5.76 Å². The summed E-state index contributed by atoms with van der Waals surface area (Å²) in [5.41, 5.74) is 1.16. The molecule has 2 N–H and O–H groups in total. The molecule has 0 radical (unpaired) electrons. The maximum Gasteiger partial charge on any atom is 0.295 e. The number of rotatable bonds is 8. The molecular weight excluding hydrogens is 382 g/mol. The van der Waals surface area contributed by atoms with E-state index in [1.807, 2.05) is 13.8 Å². The topological polar surface area (TPSA) is 87.1 Å². The molecule has 158 valence electrons. The average molecular weight is 409 g/mol. The van der Waals surface area contributed by atoms with E-state index in [0.29, 0.717) is 30.0 Å². The molecule has 30 heavy (non-hydrogen) atoms. The Morgan fingerprint density at radius 1 is 1.00 bits per heavy atom. The van der Waals surface area contributed by atoms with Crippen molar-refractivity contribution >= 4 is 17.4 Å². The van der Waals surface area contributed by atoms with Crippen LogP contribution in [0.2, 0.25) is 0 Å². The summed E-state index contributed by atoms with van der Waals surface area (Å²) >= 11 is 0. The van der Waals surface area contributed by atoms with E-state index in [1.54, 1.807) is 36.4 Å². The van der Waals surface area contributed by atoms with Gasteiger partial charge in [-0.05, 0) is 54.8 Å². The number of carbonyl (C=O) groups excluding carboxylic acids is 2. The van der Waals surface area contributed by atoms with Crippen LogP contribution in [0.15, 0.2) is 54.1 Å². The number of phenolic OH excluding ortho intramolecular Hbond substituents is 1. The predicted octanol–water partition coefficient (Wildman–Crippen LogP) is 4.40. The minimum absolute atomic E-state index is 0.0593. The highest BCUT2D eigenvalue weighted by molar-refractivity contribution is 6.46. The molecular formula is C24H27NO5. The number of hydrogen-bond acceptors (Lipinski definition) is 5. The Balaban J connectivity index is 2.04. The molecule has 1 aliphatic heterocycles. The number of ether oxygens (including phenoxy) is 1. The summed E-state index contributed by atoms with van der Waals surface area (Å²) in [6, 6.07) is 12.5. The molecule has 1 unspecified atom stereocenters. The molecule has 0 bridgehead atoms. The van der Waals surface area contributed by atoms with Crippen LogP contribution < -0.4 is 4.74 Å². The molecule has 1 fully saturated rings. The zero-order valence-corrected chi connectivity index (χ0v) is 17.3. The third kappa shape index (κ3) is 4.32. The SMILES string of the molecule is CCCCN1C(=O)C(=O)/C(=C(\O)c2ccc(OCCC)cc2)C1c1ccc(O)cc1. The maximum absolute atomic E-state index is 12.9. The normalized spacial score (nSPS) is 18.1. The molecule has 1 saturated heterocycles. The van der Waals surface area contributed by atoms with Crippen molar-refractivity contribution in [2.45, 2.75) is 39.2 Å². The van der Waals surface area contributed by atoms with Crippen LogP contribution in [0.1, 0.15) is 50.3 Å². The molecule has 0 spiro atoms.